The third-order valence-corrected chi connectivity index (χ3v) is 14.5. The molecule has 72 heavy (non-hydrogen) atoms. The number of ether oxygens (including phenoxy) is 2. The van der Waals surface area contributed by atoms with Gasteiger partial charge in [0.2, 0.25) is 5.69 Å². The van der Waals surface area contributed by atoms with Crippen molar-refractivity contribution in [1.82, 2.24) is 0 Å². The molecule has 0 N–H and O–H groups in total. The van der Waals surface area contributed by atoms with E-state index >= 15 is 0 Å². The van der Waals surface area contributed by atoms with Gasteiger partial charge in [-0.25, -0.2) is 4.85 Å². The van der Waals surface area contributed by atoms with Crippen LogP contribution in [0.5, 0.6) is 11.5 Å². The van der Waals surface area contributed by atoms with Gasteiger partial charge in [-0.05, 0) is 208 Å². The number of hydrogen-bond acceptors (Lipinski definition) is 5. The van der Waals surface area contributed by atoms with Crippen molar-refractivity contribution in [3.8, 4) is 17.6 Å². The van der Waals surface area contributed by atoms with E-state index in [1.54, 1.807) is 14.2 Å². The first-order valence-electron chi connectivity index (χ1n) is 25.0. The van der Waals surface area contributed by atoms with Crippen LogP contribution in [-0.4, -0.2) is 14.2 Å². The van der Waals surface area contributed by atoms with Crippen molar-refractivity contribution in [3.05, 3.63) is 231 Å². The molecule has 0 bridgehead atoms. The fourth-order valence-electron chi connectivity index (χ4n) is 10.8. The molecule has 0 spiro atoms. The van der Waals surface area contributed by atoms with Gasteiger partial charge in [-0.1, -0.05) is 103 Å². The van der Waals surface area contributed by atoms with Crippen molar-refractivity contribution in [2.24, 2.45) is 0 Å². The molecule has 0 fully saturated rings. The summed E-state index contributed by atoms with van der Waals surface area (Å²) in [4.78, 5) is 8.79. The van der Waals surface area contributed by atoms with E-state index in [1.807, 2.05) is 60.7 Å². The summed E-state index contributed by atoms with van der Waals surface area (Å²) in [5.41, 5.74) is 17.7. The van der Waals surface area contributed by atoms with Crippen molar-refractivity contribution in [3.63, 3.8) is 0 Å². The summed E-state index contributed by atoms with van der Waals surface area (Å²) < 4.78 is 11.0. The predicted octanol–water partition coefficient (Wildman–Crippen LogP) is 17.5. The fourth-order valence-corrected chi connectivity index (χ4v) is 10.8. The maximum Gasteiger partial charge on any atom is 0.202 e. The van der Waals surface area contributed by atoms with E-state index in [0.717, 1.165) is 104 Å². The molecule has 0 radical (unpaired) electrons. The number of anilines is 6. The molecule has 0 aliphatic heterocycles. The molecule has 0 saturated heterocycles. The second-order valence-electron chi connectivity index (χ2n) is 18.7. The number of nitriles is 1. The van der Waals surface area contributed by atoms with Gasteiger partial charge in [0.05, 0.1) is 26.4 Å². The summed E-state index contributed by atoms with van der Waals surface area (Å²) in [7, 11) is 3.40. The minimum absolute atomic E-state index is 0.549. The van der Waals surface area contributed by atoms with E-state index < -0.39 is 0 Å². The number of nitrogens with zero attached hydrogens (tertiary/aromatic N) is 4. The number of benzene rings is 9. The molecule has 6 nitrogen and oxygen atoms in total. The van der Waals surface area contributed by atoms with Gasteiger partial charge in [-0.2, -0.15) is 5.26 Å². The lowest BCUT2D eigenvalue weighted by molar-refractivity contribution is 0.414. The Labute approximate surface area is 422 Å². The van der Waals surface area contributed by atoms with Gasteiger partial charge in [-0.3, -0.25) is 0 Å². The standard InChI is InChI=1S/C66H54N4O2/c1-68-66-60-41-27-47(20-18-45-22-28-51(29-23-45)69(53-32-36-55(71-2)37-33-53)64-16-8-12-49-10-4-6-14-57(49)64)42-61(60)63(44-67)59-40-26-48(43-62(59)66)21-19-46-24-30-52(31-25-46)70(54-34-38-56(72-3)39-35-54)65-17-9-13-50-11-5-7-15-58(50)65/h8-9,12-13,16-43H,4-7,10-11,14-15H2,2-3H3. The maximum atomic E-state index is 10.7. The second kappa shape index (κ2) is 20.2. The number of aryl methyl sites for hydroxylation is 2. The summed E-state index contributed by atoms with van der Waals surface area (Å²) in [6.45, 7) is 8.35. The van der Waals surface area contributed by atoms with Crippen LogP contribution in [0.25, 0.3) is 50.7 Å². The second-order valence-corrected chi connectivity index (χ2v) is 18.7. The zero-order valence-electron chi connectivity index (χ0n) is 40.7. The van der Waals surface area contributed by atoms with Gasteiger partial charge in [0.15, 0.2) is 0 Å². The van der Waals surface area contributed by atoms with Crippen molar-refractivity contribution < 1.29 is 9.47 Å². The number of fused-ring (bicyclic) bond motifs is 4. The lowest BCUT2D eigenvalue weighted by Gasteiger charge is -2.30. The van der Waals surface area contributed by atoms with Crippen LogP contribution in [0.15, 0.2) is 170 Å². The minimum atomic E-state index is 0.549. The van der Waals surface area contributed by atoms with Crippen LogP contribution in [0.4, 0.5) is 39.8 Å². The van der Waals surface area contributed by atoms with E-state index in [2.05, 4.69) is 154 Å². The number of rotatable bonds is 12. The Morgan fingerprint density at radius 2 is 0.861 bits per heavy atom. The van der Waals surface area contributed by atoms with Crippen LogP contribution in [0.1, 0.15) is 75.8 Å². The summed E-state index contributed by atoms with van der Waals surface area (Å²) in [6.07, 6.45) is 17.6. The Morgan fingerprint density at radius 3 is 1.31 bits per heavy atom. The Bertz CT molecular complexity index is 3370. The highest BCUT2D eigenvalue weighted by Gasteiger charge is 2.22. The Hall–Kier alpha value is -8.84. The molecule has 9 aromatic carbocycles. The molecule has 2 aliphatic rings. The first kappa shape index (κ1) is 45.6. The van der Waals surface area contributed by atoms with Crippen LogP contribution in [0, 0.1) is 17.9 Å². The molecule has 2 aliphatic carbocycles. The molecule has 0 aromatic heterocycles. The van der Waals surface area contributed by atoms with Gasteiger partial charge in [0, 0.05) is 34.1 Å². The Balaban J connectivity index is 0.856. The molecule has 6 heteroatoms. The minimum Gasteiger partial charge on any atom is -0.497 e. The molecular weight excluding hydrogens is 881 g/mol. The van der Waals surface area contributed by atoms with E-state index in [9.17, 15) is 5.26 Å². The van der Waals surface area contributed by atoms with Crippen LogP contribution >= 0.6 is 0 Å². The van der Waals surface area contributed by atoms with Gasteiger partial charge >= 0.3 is 0 Å². The molecule has 0 unspecified atom stereocenters. The quantitative estimate of drug-likeness (QED) is 0.0694. The fraction of sp³-hybridized carbons (Fsp3) is 0.152. The van der Waals surface area contributed by atoms with Gasteiger partial charge in [0.25, 0.3) is 0 Å². The van der Waals surface area contributed by atoms with Crippen LogP contribution in [0.3, 0.4) is 0 Å². The molecule has 0 amide bonds. The van der Waals surface area contributed by atoms with E-state index in [-0.39, 0.29) is 0 Å². The van der Waals surface area contributed by atoms with E-state index in [4.69, 9.17) is 16.0 Å². The van der Waals surface area contributed by atoms with Crippen molar-refractivity contribution in [2.45, 2.75) is 51.4 Å². The highest BCUT2D eigenvalue weighted by atomic mass is 16.5. The van der Waals surface area contributed by atoms with Gasteiger partial charge < -0.3 is 19.3 Å². The van der Waals surface area contributed by atoms with Crippen LogP contribution in [0.2, 0.25) is 0 Å². The first-order valence-corrected chi connectivity index (χ1v) is 25.0. The van der Waals surface area contributed by atoms with Crippen LogP contribution in [-0.2, 0) is 25.7 Å². The summed E-state index contributed by atoms with van der Waals surface area (Å²) in [5.74, 6) is 1.66. The topological polar surface area (TPSA) is 53.1 Å². The molecular formula is C66H54N4O2. The molecule has 11 rings (SSSR count). The van der Waals surface area contributed by atoms with Gasteiger partial charge in [-0.15, -0.1) is 0 Å². The smallest absolute Gasteiger partial charge is 0.202 e. The Morgan fingerprint density at radius 1 is 0.458 bits per heavy atom. The maximum absolute atomic E-state index is 10.7. The third-order valence-electron chi connectivity index (χ3n) is 14.5. The molecule has 0 atom stereocenters. The molecule has 9 aromatic rings. The van der Waals surface area contributed by atoms with E-state index in [0.29, 0.717) is 11.3 Å². The largest absolute Gasteiger partial charge is 0.497 e. The monoisotopic (exact) mass is 934 g/mol. The average molecular weight is 935 g/mol. The Kier molecular flexibility index (Phi) is 12.8. The average Bonchev–Trinajstić information content (AvgIpc) is 3.44. The zero-order chi connectivity index (χ0) is 49.0. The highest BCUT2D eigenvalue weighted by molar-refractivity contribution is 6.16. The molecule has 350 valence electrons. The normalized spacial score (nSPS) is 13.1. The van der Waals surface area contributed by atoms with Crippen molar-refractivity contribution >= 4 is 85.7 Å². The van der Waals surface area contributed by atoms with Crippen LogP contribution < -0.4 is 19.3 Å². The van der Waals surface area contributed by atoms with E-state index in [1.165, 1.54) is 59.3 Å². The lowest BCUT2D eigenvalue weighted by atomic mass is 9.90. The van der Waals surface area contributed by atoms with Crippen molar-refractivity contribution in [1.29, 1.82) is 5.26 Å². The highest BCUT2D eigenvalue weighted by Crippen LogP contribution is 2.44. The molecule has 0 saturated carbocycles. The first-order chi connectivity index (χ1) is 35.5. The molecule has 0 heterocycles. The third kappa shape index (κ3) is 8.96. The summed E-state index contributed by atoms with van der Waals surface area (Å²) in [5, 5.41) is 13.8. The SMILES string of the molecule is [C-]#[N+]c1c2ccc(C=Cc3ccc(N(c4ccc(OC)cc4)c4cccc5c4CCCC5)cc3)cc2c(C#N)c2ccc(C=Cc3ccc(N(c4ccc(OC)cc4)c4cccc5c4CCCC5)cc3)cc12. The lowest BCUT2D eigenvalue weighted by Crippen LogP contribution is -2.15. The van der Waals surface area contributed by atoms with Gasteiger partial charge in [0.1, 0.15) is 17.6 Å². The van der Waals surface area contributed by atoms with Crippen molar-refractivity contribution in [2.75, 3.05) is 24.0 Å². The summed E-state index contributed by atoms with van der Waals surface area (Å²) in [6, 6.07) is 62.0. The number of hydrogen-bond donors (Lipinski definition) is 0. The number of methoxy groups -OCH3 is 2. The predicted molar refractivity (Wildman–Crippen MR) is 299 cm³/mol. The summed E-state index contributed by atoms with van der Waals surface area (Å²) >= 11 is 0. The zero-order valence-corrected chi connectivity index (χ0v) is 40.7.